The average Bonchev–Trinajstić information content (AvgIpc) is 2.44. The van der Waals surface area contributed by atoms with Crippen molar-refractivity contribution in [1.82, 2.24) is 10.7 Å². The molecule has 0 amide bonds. The first-order chi connectivity index (χ1) is 10.4. The van der Waals surface area contributed by atoms with Crippen LogP contribution in [0, 0.1) is 11.3 Å². The van der Waals surface area contributed by atoms with Crippen molar-refractivity contribution in [2.45, 2.75) is 40.0 Å². The summed E-state index contributed by atoms with van der Waals surface area (Å²) in [6.45, 7) is 12.8. The second kappa shape index (κ2) is 8.22. The van der Waals surface area contributed by atoms with E-state index in [1.165, 1.54) is 12.1 Å². The van der Waals surface area contributed by atoms with Crippen LogP contribution in [0.2, 0.25) is 0 Å². The normalized spacial score (nSPS) is 27.6. The number of quaternary nitrogens is 1. The van der Waals surface area contributed by atoms with Gasteiger partial charge in [-0.25, -0.2) is 0 Å². The van der Waals surface area contributed by atoms with Gasteiger partial charge in [-0.05, 0) is 42.8 Å². The lowest BCUT2D eigenvalue weighted by molar-refractivity contribution is -0.906. The molecule has 0 bridgehead atoms. The molecule has 1 saturated heterocycles. The minimum atomic E-state index is 0.354. The highest BCUT2D eigenvalue weighted by atomic mass is 32.1. The molecule has 0 aromatic heterocycles. The maximum atomic E-state index is 5.36. The third-order valence-electron chi connectivity index (χ3n) is 4.45. The summed E-state index contributed by atoms with van der Waals surface area (Å²) < 4.78 is 5.36. The molecule has 0 radical (unpaired) electrons. The number of nitrogens with one attached hydrogen (secondary N) is 3. The van der Waals surface area contributed by atoms with Gasteiger partial charge in [0.15, 0.2) is 5.11 Å². The maximum absolute atomic E-state index is 5.36. The van der Waals surface area contributed by atoms with E-state index in [9.17, 15) is 0 Å². The molecular weight excluding hydrogens is 296 g/mol. The Bertz CT molecular complexity index is 405. The van der Waals surface area contributed by atoms with E-state index < -0.39 is 0 Å². The van der Waals surface area contributed by atoms with Gasteiger partial charge in [-0.15, -0.1) is 0 Å². The molecule has 2 fully saturated rings. The molecule has 5 nitrogen and oxygen atoms in total. The second-order valence-electron chi connectivity index (χ2n) is 7.51. The molecule has 1 aliphatic heterocycles. The van der Waals surface area contributed by atoms with Crippen LogP contribution in [0.3, 0.4) is 0 Å². The zero-order chi connectivity index (χ0) is 16.0. The van der Waals surface area contributed by atoms with E-state index in [-0.39, 0.29) is 0 Å². The van der Waals surface area contributed by atoms with Crippen molar-refractivity contribution >= 4 is 23.0 Å². The van der Waals surface area contributed by atoms with Gasteiger partial charge in [0.2, 0.25) is 0 Å². The highest BCUT2D eigenvalue weighted by molar-refractivity contribution is 7.80. The summed E-state index contributed by atoms with van der Waals surface area (Å²) in [5, 5.41) is 8.42. The van der Waals surface area contributed by atoms with Crippen molar-refractivity contribution in [3.8, 4) is 0 Å². The first-order valence-electron chi connectivity index (χ1n) is 8.45. The summed E-state index contributed by atoms with van der Waals surface area (Å²) in [5.41, 5.74) is 4.62. The van der Waals surface area contributed by atoms with Gasteiger partial charge in [0.1, 0.15) is 13.1 Å². The van der Waals surface area contributed by atoms with Crippen molar-refractivity contribution in [3.05, 3.63) is 0 Å². The van der Waals surface area contributed by atoms with Gasteiger partial charge < -0.3 is 15.0 Å². The van der Waals surface area contributed by atoms with Crippen LogP contribution >= 0.6 is 12.2 Å². The van der Waals surface area contributed by atoms with E-state index in [1.54, 1.807) is 4.90 Å². The fourth-order valence-electron chi connectivity index (χ4n) is 3.63. The lowest BCUT2D eigenvalue weighted by Crippen LogP contribution is -3.14. The van der Waals surface area contributed by atoms with Crippen LogP contribution in [-0.4, -0.2) is 50.2 Å². The second-order valence-corrected chi connectivity index (χ2v) is 7.92. The molecule has 3 N–H and O–H groups in total. The van der Waals surface area contributed by atoms with Gasteiger partial charge in [-0.2, -0.15) is 5.10 Å². The molecule has 0 aromatic carbocycles. The van der Waals surface area contributed by atoms with E-state index >= 15 is 0 Å². The Morgan fingerprint density at radius 2 is 2.14 bits per heavy atom. The molecule has 1 atom stereocenters. The summed E-state index contributed by atoms with van der Waals surface area (Å²) in [5.74, 6) is 0.704. The maximum Gasteiger partial charge on any atom is 0.187 e. The Kier molecular flexibility index (Phi) is 6.59. The molecule has 2 aliphatic rings. The van der Waals surface area contributed by atoms with Gasteiger partial charge in [-0.1, -0.05) is 20.8 Å². The monoisotopic (exact) mass is 327 g/mol. The Balaban J connectivity index is 1.67. The lowest BCUT2D eigenvalue weighted by Gasteiger charge is -2.34. The van der Waals surface area contributed by atoms with E-state index in [1.807, 2.05) is 0 Å². The van der Waals surface area contributed by atoms with Crippen LogP contribution in [-0.2, 0) is 4.74 Å². The van der Waals surface area contributed by atoms with E-state index in [2.05, 4.69) is 36.6 Å². The number of nitrogens with zero attached hydrogens (tertiary/aromatic N) is 1. The number of morpholine rings is 1. The van der Waals surface area contributed by atoms with Crippen molar-refractivity contribution < 1.29 is 9.64 Å². The van der Waals surface area contributed by atoms with Crippen LogP contribution in [0.1, 0.15) is 40.0 Å². The minimum Gasteiger partial charge on any atom is -0.370 e. The predicted molar refractivity (Wildman–Crippen MR) is 94.4 cm³/mol. The highest BCUT2D eigenvalue weighted by Crippen LogP contribution is 2.36. The van der Waals surface area contributed by atoms with Gasteiger partial charge in [-0.3, -0.25) is 5.43 Å². The number of hydrazone groups is 1. The molecular formula is C16H31N4OS+. The summed E-state index contributed by atoms with van der Waals surface area (Å²) in [6, 6.07) is 0. The van der Waals surface area contributed by atoms with Gasteiger partial charge in [0.05, 0.1) is 26.3 Å². The van der Waals surface area contributed by atoms with E-state index in [4.69, 9.17) is 17.0 Å². The summed E-state index contributed by atoms with van der Waals surface area (Å²) in [4.78, 5) is 1.58. The van der Waals surface area contributed by atoms with Crippen molar-refractivity contribution in [2.75, 3.05) is 39.4 Å². The summed E-state index contributed by atoms with van der Waals surface area (Å²) in [7, 11) is 0. The fourth-order valence-corrected chi connectivity index (χ4v) is 3.78. The molecule has 1 heterocycles. The highest BCUT2D eigenvalue weighted by Gasteiger charge is 2.29. The first kappa shape index (κ1) is 17.6. The molecule has 22 heavy (non-hydrogen) atoms. The lowest BCUT2D eigenvalue weighted by atomic mass is 9.72. The van der Waals surface area contributed by atoms with E-state index in [0.717, 1.165) is 52.2 Å². The summed E-state index contributed by atoms with van der Waals surface area (Å²) in [6.07, 6.45) is 3.42. The SMILES string of the molecule is C[C@H]1C/C(=N/NC(=S)NCC[NH+]2CCOCC2)CC(C)(C)C1. The third-order valence-corrected chi connectivity index (χ3v) is 4.68. The quantitative estimate of drug-likeness (QED) is 0.522. The first-order valence-corrected chi connectivity index (χ1v) is 8.86. The molecule has 6 heteroatoms. The van der Waals surface area contributed by atoms with Crippen LogP contribution in [0.15, 0.2) is 5.10 Å². The Hall–Kier alpha value is -0.720. The Morgan fingerprint density at radius 1 is 1.41 bits per heavy atom. The van der Waals surface area contributed by atoms with Gasteiger partial charge in [0.25, 0.3) is 0 Å². The number of thiocarbonyl (C=S) groups is 1. The van der Waals surface area contributed by atoms with Gasteiger partial charge >= 0.3 is 0 Å². The largest absolute Gasteiger partial charge is 0.370 e. The Labute approximate surface area is 139 Å². The molecule has 1 saturated carbocycles. The Morgan fingerprint density at radius 3 is 2.82 bits per heavy atom. The van der Waals surface area contributed by atoms with E-state index in [0.29, 0.717) is 16.4 Å². The fraction of sp³-hybridized carbons (Fsp3) is 0.875. The number of ether oxygens (including phenoxy) is 1. The van der Waals surface area contributed by atoms with Crippen LogP contribution in [0.5, 0.6) is 0 Å². The predicted octanol–water partition coefficient (Wildman–Crippen LogP) is 0.568. The smallest absolute Gasteiger partial charge is 0.187 e. The van der Waals surface area contributed by atoms with Crippen molar-refractivity contribution in [1.29, 1.82) is 0 Å². The number of hydrogen-bond donors (Lipinski definition) is 3. The molecule has 0 aromatic rings. The zero-order valence-electron chi connectivity index (χ0n) is 14.2. The molecule has 126 valence electrons. The standard InChI is InChI=1S/C16H30N4OS/c1-13-10-14(12-16(2,3)11-13)18-19-15(22)17-4-5-20-6-8-21-9-7-20/h13H,4-12H2,1-3H3,(H2,17,19,22)/p+1/b18-14-/t13-/m0/s1. The van der Waals surface area contributed by atoms with Crippen LogP contribution in [0.25, 0.3) is 0 Å². The molecule has 2 rings (SSSR count). The molecule has 1 aliphatic carbocycles. The van der Waals surface area contributed by atoms with Gasteiger partial charge in [0, 0.05) is 5.71 Å². The van der Waals surface area contributed by atoms with Crippen molar-refractivity contribution in [3.63, 3.8) is 0 Å². The average molecular weight is 328 g/mol. The zero-order valence-corrected chi connectivity index (χ0v) is 15.0. The third kappa shape index (κ3) is 6.18. The minimum absolute atomic E-state index is 0.354. The molecule has 0 unspecified atom stereocenters. The summed E-state index contributed by atoms with van der Waals surface area (Å²) >= 11 is 5.31. The van der Waals surface area contributed by atoms with Crippen LogP contribution < -0.4 is 15.6 Å². The molecule has 0 spiro atoms. The number of rotatable bonds is 4. The van der Waals surface area contributed by atoms with Crippen molar-refractivity contribution in [2.24, 2.45) is 16.4 Å². The number of hydrogen-bond acceptors (Lipinski definition) is 3. The van der Waals surface area contributed by atoms with Crippen LogP contribution in [0.4, 0.5) is 0 Å². The topological polar surface area (TPSA) is 50.1 Å².